The van der Waals surface area contributed by atoms with Crippen LogP contribution < -0.4 is 54.6 Å². The Morgan fingerprint density at radius 3 is 1.51 bits per heavy atom. The predicted octanol–water partition coefficient (Wildman–Crippen LogP) is -5.65. The van der Waals surface area contributed by atoms with E-state index in [1.807, 2.05) is 60.7 Å². The van der Waals surface area contributed by atoms with Crippen LogP contribution in [-0.2, 0) is 0 Å². The number of aromatic nitrogens is 4. The lowest BCUT2D eigenvalue weighted by Gasteiger charge is -2.16. The molecule has 61 heavy (non-hydrogen) atoms. The normalized spacial score (nSPS) is 11.9. The SMILES string of the molecule is Bc1c(B)c(B)c2c(oc3c2c(B)c(B)c2c3c3c(B)c(B)c(B)c(B)c3n2-c2cccc3c2oc2cc(-c4nc(-c5ccccc5)nc(-c5ccccc5)n4)ccc23)c1B. The van der Waals surface area contributed by atoms with Gasteiger partial charge in [-0.15, -0.1) is 10.9 Å². The Labute approximate surface area is 362 Å². The summed E-state index contributed by atoms with van der Waals surface area (Å²) in [5.41, 5.74) is 22.3. The fraction of sp³-hybridized carbons (Fsp3) is 0. The monoisotopic (exact) mass is 774 g/mol. The Morgan fingerprint density at radius 1 is 0.361 bits per heavy atom. The van der Waals surface area contributed by atoms with Gasteiger partial charge >= 0.3 is 0 Å². The molecule has 0 saturated heterocycles. The van der Waals surface area contributed by atoms with E-state index in [4.69, 9.17) is 23.8 Å². The first-order valence-corrected chi connectivity index (χ1v) is 21.1. The van der Waals surface area contributed by atoms with Gasteiger partial charge in [-0.2, -0.15) is 0 Å². The summed E-state index contributed by atoms with van der Waals surface area (Å²) in [5, 5.41) is 6.94. The molecule has 4 heterocycles. The van der Waals surface area contributed by atoms with Crippen molar-refractivity contribution in [3.05, 3.63) is 97.1 Å². The van der Waals surface area contributed by atoms with Crippen molar-refractivity contribution in [1.82, 2.24) is 19.5 Å². The Balaban J connectivity index is 1.21. The molecule has 4 aromatic heterocycles. The Hall–Kier alpha value is -6.40. The minimum Gasteiger partial charge on any atom is -0.456 e. The van der Waals surface area contributed by atoms with E-state index in [9.17, 15) is 0 Å². The molecule has 0 radical (unpaired) electrons. The molecule has 0 amide bonds. The number of benzene rings is 7. The molecular weight excluding hydrogens is 737 g/mol. The molecule has 0 saturated carbocycles. The summed E-state index contributed by atoms with van der Waals surface area (Å²) in [6.07, 6.45) is 0. The van der Waals surface area contributed by atoms with Crippen LogP contribution in [0.5, 0.6) is 0 Å². The summed E-state index contributed by atoms with van der Waals surface area (Å²) in [6, 6.07) is 33.0. The fourth-order valence-electron chi connectivity index (χ4n) is 9.95. The van der Waals surface area contributed by atoms with Crippen LogP contribution in [0.4, 0.5) is 0 Å². The molecule has 11 rings (SSSR count). The average Bonchev–Trinajstić information content (AvgIpc) is 3.99. The molecule has 0 aliphatic rings. The summed E-state index contributed by atoms with van der Waals surface area (Å²) in [5.74, 6) is 1.84. The molecule has 7 aromatic carbocycles. The van der Waals surface area contributed by atoms with Gasteiger partial charge in [-0.1, -0.05) is 123 Å². The van der Waals surface area contributed by atoms with Gasteiger partial charge in [0.25, 0.3) is 0 Å². The number of hydrogen-bond acceptors (Lipinski definition) is 5. The number of fused-ring (bicyclic) bond motifs is 10. The van der Waals surface area contributed by atoms with Gasteiger partial charge in [0.15, 0.2) is 23.1 Å². The number of furan rings is 2. The lowest BCUT2D eigenvalue weighted by molar-refractivity contribution is 0.666. The zero-order valence-electron chi connectivity index (χ0n) is 36.3. The maximum Gasteiger partial charge on any atom is 0.164 e. The van der Waals surface area contributed by atoms with Crippen LogP contribution in [0.25, 0.3) is 106 Å². The molecule has 0 bridgehead atoms. The van der Waals surface area contributed by atoms with Crippen LogP contribution >= 0.6 is 0 Å². The number of para-hydroxylation sites is 1. The average molecular weight is 773 g/mol. The van der Waals surface area contributed by atoms with E-state index < -0.39 is 0 Å². The third kappa shape index (κ3) is 5.27. The van der Waals surface area contributed by atoms with Crippen LogP contribution in [0.2, 0.25) is 0 Å². The van der Waals surface area contributed by atoms with Crippen LogP contribution in [0.15, 0.2) is 106 Å². The van der Waals surface area contributed by atoms with Gasteiger partial charge in [-0.25, -0.2) is 15.0 Å². The van der Waals surface area contributed by atoms with Crippen LogP contribution in [-0.4, -0.2) is 98.0 Å². The van der Waals surface area contributed by atoms with Crippen molar-refractivity contribution in [2.45, 2.75) is 0 Å². The van der Waals surface area contributed by atoms with Crippen molar-refractivity contribution in [2.75, 3.05) is 0 Å². The smallest absolute Gasteiger partial charge is 0.164 e. The van der Waals surface area contributed by atoms with Crippen LogP contribution in [0.3, 0.4) is 0 Å². The van der Waals surface area contributed by atoms with E-state index in [0.717, 1.165) is 66.4 Å². The number of nitrogens with zero attached hydrogens (tertiary/aromatic N) is 4. The van der Waals surface area contributed by atoms with Crippen LogP contribution in [0, 0.1) is 0 Å². The molecular formula is C45H36B10N4O2. The number of hydrogen-bond donors (Lipinski definition) is 0. The molecule has 11 aromatic rings. The first-order valence-electron chi connectivity index (χ1n) is 21.1. The Morgan fingerprint density at radius 2 is 0.869 bits per heavy atom. The van der Waals surface area contributed by atoms with E-state index in [0.29, 0.717) is 17.5 Å². The largest absolute Gasteiger partial charge is 0.456 e. The second kappa shape index (κ2) is 13.6. The molecule has 16 heteroatoms. The Bertz CT molecular complexity index is 3660. The number of rotatable bonds is 4. The first-order chi connectivity index (χ1) is 29.4. The van der Waals surface area contributed by atoms with Crippen molar-refractivity contribution < 1.29 is 8.83 Å². The molecule has 278 valence electrons. The van der Waals surface area contributed by atoms with Crippen molar-refractivity contribution in [3.63, 3.8) is 0 Å². The van der Waals surface area contributed by atoms with E-state index >= 15 is 0 Å². The maximum absolute atomic E-state index is 7.18. The lowest BCUT2D eigenvalue weighted by Crippen LogP contribution is -2.48. The molecule has 0 aliphatic heterocycles. The second-order valence-corrected chi connectivity index (χ2v) is 17.0. The van der Waals surface area contributed by atoms with Gasteiger partial charge in [0, 0.05) is 49.1 Å². The second-order valence-electron chi connectivity index (χ2n) is 17.0. The Kier molecular flexibility index (Phi) is 8.35. The molecule has 6 nitrogen and oxygen atoms in total. The maximum atomic E-state index is 7.18. The highest BCUT2D eigenvalue weighted by atomic mass is 16.3. The molecule has 0 atom stereocenters. The molecule has 0 aliphatic carbocycles. The van der Waals surface area contributed by atoms with Gasteiger partial charge in [0.05, 0.1) is 16.6 Å². The van der Waals surface area contributed by atoms with E-state index in [1.165, 1.54) is 76.3 Å². The van der Waals surface area contributed by atoms with E-state index in [1.54, 1.807) is 0 Å². The minimum absolute atomic E-state index is 0.589. The third-order valence-electron chi connectivity index (χ3n) is 14.1. The highest BCUT2D eigenvalue weighted by molar-refractivity contribution is 6.71. The van der Waals surface area contributed by atoms with Gasteiger partial charge < -0.3 is 13.4 Å². The van der Waals surface area contributed by atoms with Crippen molar-refractivity contribution in [2.24, 2.45) is 0 Å². The molecule has 0 unspecified atom stereocenters. The van der Waals surface area contributed by atoms with Gasteiger partial charge in [-0.05, 0) is 18.2 Å². The van der Waals surface area contributed by atoms with Crippen molar-refractivity contribution in [1.29, 1.82) is 0 Å². The van der Waals surface area contributed by atoms with E-state index in [-0.39, 0.29) is 0 Å². The topological polar surface area (TPSA) is 69.9 Å². The van der Waals surface area contributed by atoms with Gasteiger partial charge in [0.1, 0.15) is 95.2 Å². The summed E-state index contributed by atoms with van der Waals surface area (Å²) in [4.78, 5) is 15.0. The highest BCUT2D eigenvalue weighted by Gasteiger charge is 2.28. The minimum atomic E-state index is 0.589. The summed E-state index contributed by atoms with van der Waals surface area (Å²) < 4.78 is 16.7. The van der Waals surface area contributed by atoms with Crippen molar-refractivity contribution >= 4 is 199 Å². The van der Waals surface area contributed by atoms with Crippen molar-refractivity contribution in [3.8, 4) is 39.9 Å². The quantitative estimate of drug-likeness (QED) is 0.167. The highest BCUT2D eigenvalue weighted by Crippen LogP contribution is 2.40. The predicted molar refractivity (Wildman–Crippen MR) is 287 cm³/mol. The fourth-order valence-corrected chi connectivity index (χ4v) is 9.95. The van der Waals surface area contributed by atoms with E-state index in [2.05, 4.69) is 119 Å². The molecule has 0 N–H and O–H groups in total. The first kappa shape index (κ1) is 37.6. The van der Waals surface area contributed by atoms with Crippen LogP contribution in [0.1, 0.15) is 0 Å². The molecule has 0 spiro atoms. The zero-order valence-corrected chi connectivity index (χ0v) is 36.3. The summed E-state index contributed by atoms with van der Waals surface area (Å²) in [6.45, 7) is 0. The third-order valence-corrected chi connectivity index (χ3v) is 14.1. The summed E-state index contributed by atoms with van der Waals surface area (Å²) in [7, 11) is 22.5. The lowest BCUT2D eigenvalue weighted by atomic mass is 9.64. The standard InChI is InChI=1S/C45H36B10N4O2/c46-28-24-27-39(35(53)30(48)25-26-29(47)32(50)34(52)37(55)42(26)61-41(25)27)59(38(24)36(54)33(51)31(28)49)22-13-7-12-21-20-15-14-19(16-23(20)60-40(21)22)45-57-43(17-8-3-1-4-9-17)56-44(58-45)18-10-5-2-6-11-18/h1-16H,46-55H2. The van der Waals surface area contributed by atoms with Gasteiger partial charge in [-0.3, -0.25) is 0 Å². The van der Waals surface area contributed by atoms with Gasteiger partial charge in [0.2, 0.25) is 0 Å². The summed E-state index contributed by atoms with van der Waals surface area (Å²) >= 11 is 0. The molecule has 0 fully saturated rings. The zero-order chi connectivity index (χ0) is 42.2.